The topological polar surface area (TPSA) is 12.0 Å². The molecule has 0 spiro atoms. The molecule has 0 aromatic carbocycles. The maximum atomic E-state index is 2.93. The van der Waals surface area contributed by atoms with Crippen LogP contribution in [0.2, 0.25) is 0 Å². The van der Waals surface area contributed by atoms with Crippen LogP contribution in [0.1, 0.15) is 6.92 Å². The Bertz CT molecular complexity index is 74.0. The largest absolute Gasteiger partial charge is 0.300 e. The van der Waals surface area contributed by atoms with Crippen molar-refractivity contribution in [2.75, 3.05) is 6.54 Å². The SMILES string of the molecule is CC1=CCN[C]1. The van der Waals surface area contributed by atoms with Gasteiger partial charge in [0, 0.05) is 6.54 Å². The molecule has 32 valence electrons. The molecule has 0 bridgehead atoms. The van der Waals surface area contributed by atoms with Crippen LogP contribution in [0.15, 0.2) is 11.6 Å². The molecule has 0 saturated heterocycles. The van der Waals surface area contributed by atoms with Gasteiger partial charge in [-0.3, -0.25) is 0 Å². The van der Waals surface area contributed by atoms with Crippen LogP contribution in [0, 0.1) is 6.54 Å². The zero-order chi connectivity index (χ0) is 4.41. The highest BCUT2D eigenvalue weighted by Crippen LogP contribution is 1.98. The molecule has 1 heterocycles. The van der Waals surface area contributed by atoms with Gasteiger partial charge in [0.1, 0.15) is 0 Å². The van der Waals surface area contributed by atoms with Gasteiger partial charge >= 0.3 is 0 Å². The minimum Gasteiger partial charge on any atom is -0.300 e. The van der Waals surface area contributed by atoms with Crippen molar-refractivity contribution in [3.63, 3.8) is 0 Å². The Hall–Kier alpha value is -0.300. The van der Waals surface area contributed by atoms with E-state index in [2.05, 4.69) is 17.9 Å². The van der Waals surface area contributed by atoms with Gasteiger partial charge in [0.05, 0.1) is 6.54 Å². The standard InChI is InChI=1S/C5H7N/c1-5-2-3-6-4-5/h2,6H,3H2,1H3. The average Bonchev–Trinajstić information content (AvgIpc) is 1.86. The maximum absolute atomic E-state index is 2.93. The zero-order valence-electron chi connectivity index (χ0n) is 3.78. The van der Waals surface area contributed by atoms with Gasteiger partial charge < -0.3 is 5.32 Å². The molecule has 1 N–H and O–H groups in total. The molecule has 1 aliphatic heterocycles. The highest BCUT2D eigenvalue weighted by atomic mass is 14.9. The van der Waals surface area contributed by atoms with Crippen molar-refractivity contribution >= 4 is 0 Å². The normalized spacial score (nSPS) is 21.2. The first-order chi connectivity index (χ1) is 2.89. The van der Waals surface area contributed by atoms with Gasteiger partial charge in [-0.25, -0.2) is 0 Å². The van der Waals surface area contributed by atoms with E-state index in [1.54, 1.807) is 0 Å². The highest BCUT2D eigenvalue weighted by Gasteiger charge is 1.94. The third-order valence-electron chi connectivity index (χ3n) is 0.796. The lowest BCUT2D eigenvalue weighted by Gasteiger charge is -1.80. The predicted octanol–water partition coefficient (Wildman–Crippen LogP) is 0.575. The van der Waals surface area contributed by atoms with Crippen molar-refractivity contribution in [3.8, 4) is 0 Å². The molecule has 0 unspecified atom stereocenters. The van der Waals surface area contributed by atoms with E-state index >= 15 is 0 Å². The summed E-state index contributed by atoms with van der Waals surface area (Å²) < 4.78 is 0. The molecule has 0 aliphatic carbocycles. The summed E-state index contributed by atoms with van der Waals surface area (Å²) >= 11 is 0. The molecule has 1 nitrogen and oxygen atoms in total. The minimum absolute atomic E-state index is 0.964. The van der Waals surface area contributed by atoms with Crippen molar-refractivity contribution in [1.29, 1.82) is 0 Å². The van der Waals surface area contributed by atoms with Crippen molar-refractivity contribution in [2.45, 2.75) is 6.92 Å². The first-order valence-electron chi connectivity index (χ1n) is 2.05. The van der Waals surface area contributed by atoms with Crippen molar-refractivity contribution in [1.82, 2.24) is 5.32 Å². The predicted molar refractivity (Wildman–Crippen MR) is 25.0 cm³/mol. The van der Waals surface area contributed by atoms with E-state index in [0.29, 0.717) is 0 Å². The average molecular weight is 81.1 g/mol. The summed E-state index contributed by atoms with van der Waals surface area (Å²) in [4.78, 5) is 0. The molecule has 1 heteroatoms. The highest BCUT2D eigenvalue weighted by molar-refractivity contribution is 5.15. The van der Waals surface area contributed by atoms with Crippen LogP contribution in [0.4, 0.5) is 0 Å². The number of rotatable bonds is 0. The molecule has 0 atom stereocenters. The lowest BCUT2D eigenvalue weighted by Crippen LogP contribution is -2.00. The smallest absolute Gasteiger partial charge is 0.0886 e. The molecule has 0 amide bonds. The van der Waals surface area contributed by atoms with Gasteiger partial charge in [0.2, 0.25) is 0 Å². The van der Waals surface area contributed by atoms with Crippen molar-refractivity contribution < 1.29 is 0 Å². The van der Waals surface area contributed by atoms with Gasteiger partial charge in [-0.05, 0) is 6.92 Å². The third-order valence-corrected chi connectivity index (χ3v) is 0.796. The molecule has 1 aliphatic rings. The Labute approximate surface area is 38.1 Å². The fourth-order valence-corrected chi connectivity index (χ4v) is 0.446. The third kappa shape index (κ3) is 0.601. The fourth-order valence-electron chi connectivity index (χ4n) is 0.446. The summed E-state index contributed by atoms with van der Waals surface area (Å²) in [6.45, 7) is 5.92. The monoisotopic (exact) mass is 81.1 g/mol. The van der Waals surface area contributed by atoms with Gasteiger partial charge in [0.15, 0.2) is 0 Å². The van der Waals surface area contributed by atoms with Crippen LogP contribution in [0.5, 0.6) is 0 Å². The Morgan fingerprint density at radius 1 is 2.00 bits per heavy atom. The van der Waals surface area contributed by atoms with E-state index in [1.165, 1.54) is 5.57 Å². The second-order valence-electron chi connectivity index (χ2n) is 1.39. The Balaban J connectivity index is 2.45. The van der Waals surface area contributed by atoms with E-state index in [-0.39, 0.29) is 0 Å². The summed E-state index contributed by atoms with van der Waals surface area (Å²) in [5.74, 6) is 0. The maximum Gasteiger partial charge on any atom is 0.0886 e. The van der Waals surface area contributed by atoms with Crippen LogP contribution in [-0.2, 0) is 0 Å². The van der Waals surface area contributed by atoms with Crippen molar-refractivity contribution in [3.05, 3.63) is 18.2 Å². The van der Waals surface area contributed by atoms with Crippen LogP contribution < -0.4 is 5.32 Å². The van der Waals surface area contributed by atoms with Gasteiger partial charge in [0.25, 0.3) is 0 Å². The van der Waals surface area contributed by atoms with Crippen LogP contribution in [0.25, 0.3) is 0 Å². The van der Waals surface area contributed by atoms with Gasteiger partial charge in [-0.2, -0.15) is 0 Å². The quantitative estimate of drug-likeness (QED) is 0.449. The lowest BCUT2D eigenvalue weighted by atomic mass is 10.3. The molecule has 2 radical (unpaired) electrons. The number of hydrogen-bond acceptors (Lipinski definition) is 1. The summed E-state index contributed by atoms with van der Waals surface area (Å²) in [6.07, 6.45) is 2.10. The van der Waals surface area contributed by atoms with E-state index in [9.17, 15) is 0 Å². The summed E-state index contributed by atoms with van der Waals surface area (Å²) in [7, 11) is 0. The number of hydrogen-bond donors (Lipinski definition) is 1. The summed E-state index contributed by atoms with van der Waals surface area (Å²) in [5, 5.41) is 2.93. The number of nitrogens with one attached hydrogen (secondary N) is 1. The van der Waals surface area contributed by atoms with Crippen LogP contribution in [0.3, 0.4) is 0 Å². The Morgan fingerprint density at radius 2 is 2.83 bits per heavy atom. The fraction of sp³-hybridized carbons (Fsp3) is 0.400. The van der Waals surface area contributed by atoms with Gasteiger partial charge in [-0.15, -0.1) is 0 Å². The molecule has 0 aromatic heterocycles. The first kappa shape index (κ1) is 3.88. The molecular weight excluding hydrogens is 74.1 g/mol. The second kappa shape index (κ2) is 1.43. The molecular formula is C5H7N. The minimum atomic E-state index is 0.964. The Kier molecular flexibility index (Phi) is 0.926. The lowest BCUT2D eigenvalue weighted by molar-refractivity contribution is 0.968. The van der Waals surface area contributed by atoms with Crippen LogP contribution >= 0.6 is 0 Å². The van der Waals surface area contributed by atoms with Gasteiger partial charge in [-0.1, -0.05) is 11.6 Å². The summed E-state index contributed by atoms with van der Waals surface area (Å²) in [5.41, 5.74) is 1.22. The molecule has 0 aromatic rings. The first-order valence-corrected chi connectivity index (χ1v) is 2.05. The van der Waals surface area contributed by atoms with Crippen LogP contribution in [-0.4, -0.2) is 6.54 Å². The molecule has 6 heavy (non-hydrogen) atoms. The van der Waals surface area contributed by atoms with E-state index in [4.69, 9.17) is 0 Å². The zero-order valence-corrected chi connectivity index (χ0v) is 3.78. The van der Waals surface area contributed by atoms with E-state index < -0.39 is 0 Å². The Morgan fingerprint density at radius 3 is 3.00 bits per heavy atom. The molecule has 0 saturated carbocycles. The summed E-state index contributed by atoms with van der Waals surface area (Å²) in [6, 6.07) is 0. The second-order valence-corrected chi connectivity index (χ2v) is 1.39. The van der Waals surface area contributed by atoms with E-state index in [0.717, 1.165) is 6.54 Å². The van der Waals surface area contributed by atoms with Crippen molar-refractivity contribution in [2.24, 2.45) is 0 Å². The molecule has 1 rings (SSSR count). The molecule has 0 fully saturated rings. The van der Waals surface area contributed by atoms with E-state index in [1.807, 2.05) is 6.92 Å².